The van der Waals surface area contributed by atoms with Gasteiger partial charge < -0.3 is 10.3 Å². The van der Waals surface area contributed by atoms with Crippen LogP contribution in [0.5, 0.6) is 0 Å². The third kappa shape index (κ3) is 3.85. The number of nitrogens with zero attached hydrogens (tertiary/aromatic N) is 1. The molecule has 3 aromatic rings. The van der Waals surface area contributed by atoms with Crippen molar-refractivity contribution in [3.05, 3.63) is 69.2 Å². The predicted molar refractivity (Wildman–Crippen MR) is 106 cm³/mol. The van der Waals surface area contributed by atoms with E-state index in [-0.39, 0.29) is 0 Å². The van der Waals surface area contributed by atoms with Crippen LogP contribution in [0.25, 0.3) is 11.1 Å². The first-order valence-electron chi connectivity index (χ1n) is 8.95. The summed E-state index contributed by atoms with van der Waals surface area (Å²) >= 11 is 1.67. The molecule has 0 bridgehead atoms. The van der Waals surface area contributed by atoms with Gasteiger partial charge in [-0.1, -0.05) is 25.1 Å². The normalized spacial score (nSPS) is 11.8. The van der Waals surface area contributed by atoms with Crippen molar-refractivity contribution in [3.8, 4) is 11.1 Å². The average molecular weight is 406 g/mol. The summed E-state index contributed by atoms with van der Waals surface area (Å²) in [7, 11) is 0. The number of thiophene rings is 1. The molecule has 2 N–H and O–H groups in total. The molecular formula is C21H21F3N2OS. The molecule has 0 aliphatic carbocycles. The van der Waals surface area contributed by atoms with E-state index in [4.69, 9.17) is 5.73 Å². The lowest BCUT2D eigenvalue weighted by Gasteiger charge is -2.12. The van der Waals surface area contributed by atoms with Gasteiger partial charge in [0.2, 0.25) is 0 Å². The fourth-order valence-electron chi connectivity index (χ4n) is 3.58. The van der Waals surface area contributed by atoms with Gasteiger partial charge in [0, 0.05) is 28.4 Å². The predicted octanol–water partition coefficient (Wildman–Crippen LogP) is 5.45. The Balaban J connectivity index is 2.08. The monoisotopic (exact) mass is 406 g/mol. The number of carbonyl (C=O) groups excluding carboxylic acids is 1. The van der Waals surface area contributed by atoms with E-state index >= 15 is 0 Å². The van der Waals surface area contributed by atoms with E-state index in [0.717, 1.165) is 29.9 Å². The van der Waals surface area contributed by atoms with Crippen LogP contribution in [0, 0.1) is 6.92 Å². The Morgan fingerprint density at radius 1 is 1.18 bits per heavy atom. The third-order valence-electron chi connectivity index (χ3n) is 4.88. The summed E-state index contributed by atoms with van der Waals surface area (Å²) in [6.45, 7) is 4.48. The van der Waals surface area contributed by atoms with E-state index in [2.05, 4.69) is 10.6 Å². The van der Waals surface area contributed by atoms with Gasteiger partial charge in [0.1, 0.15) is 0 Å². The number of halogens is 3. The number of amides is 1. The summed E-state index contributed by atoms with van der Waals surface area (Å²) in [5, 5.41) is 2.01. The molecule has 0 unspecified atom stereocenters. The number of nitrogens with two attached hydrogens (primary N) is 1. The largest absolute Gasteiger partial charge is 0.416 e. The Kier molecular flexibility index (Phi) is 5.65. The van der Waals surface area contributed by atoms with Crippen LogP contribution in [-0.4, -0.2) is 10.5 Å². The molecule has 0 spiro atoms. The van der Waals surface area contributed by atoms with E-state index in [1.165, 1.54) is 17.0 Å². The molecule has 0 aliphatic heterocycles. The number of aromatic nitrogens is 1. The molecule has 2 aromatic heterocycles. The zero-order valence-corrected chi connectivity index (χ0v) is 16.5. The molecule has 3 rings (SSSR count). The highest BCUT2D eigenvalue weighted by Crippen LogP contribution is 2.36. The van der Waals surface area contributed by atoms with Crippen molar-refractivity contribution in [2.75, 3.05) is 0 Å². The highest BCUT2D eigenvalue weighted by molar-refractivity contribution is 7.09. The second-order valence-electron chi connectivity index (χ2n) is 6.56. The Bertz CT molecular complexity index is 971. The van der Waals surface area contributed by atoms with Crippen LogP contribution < -0.4 is 5.73 Å². The summed E-state index contributed by atoms with van der Waals surface area (Å²) in [6.07, 6.45) is -2.96. The van der Waals surface area contributed by atoms with Crippen molar-refractivity contribution in [1.29, 1.82) is 0 Å². The summed E-state index contributed by atoms with van der Waals surface area (Å²) in [4.78, 5) is 13.4. The molecule has 28 heavy (non-hydrogen) atoms. The van der Waals surface area contributed by atoms with Crippen LogP contribution in [0.4, 0.5) is 13.2 Å². The van der Waals surface area contributed by atoms with Gasteiger partial charge in [-0.15, -0.1) is 11.3 Å². The number of benzene rings is 1. The SMILES string of the molecule is CCc1c(-c2ccc(C(F)(F)F)cc2)c(C(N)=O)c(C)n1CCc1cccs1. The Labute approximate surface area is 165 Å². The zero-order valence-electron chi connectivity index (χ0n) is 15.6. The van der Waals surface area contributed by atoms with Crippen molar-refractivity contribution < 1.29 is 18.0 Å². The second-order valence-corrected chi connectivity index (χ2v) is 7.59. The molecule has 0 radical (unpaired) electrons. The van der Waals surface area contributed by atoms with Gasteiger partial charge in [-0.3, -0.25) is 4.79 Å². The average Bonchev–Trinajstić information content (AvgIpc) is 3.25. The maximum atomic E-state index is 12.9. The minimum absolute atomic E-state index is 0.378. The molecular weight excluding hydrogens is 385 g/mol. The van der Waals surface area contributed by atoms with Crippen LogP contribution in [0.15, 0.2) is 41.8 Å². The molecule has 0 fully saturated rings. The standard InChI is InChI=1S/C21H21F3N2OS/c1-3-17-19(14-6-8-15(9-7-14)21(22,23)24)18(20(25)27)13(2)26(17)11-10-16-5-4-12-28-16/h4-9,12H,3,10-11H2,1-2H3,(H2,25,27). The number of hydrogen-bond donors (Lipinski definition) is 1. The minimum Gasteiger partial charge on any atom is -0.366 e. The molecule has 1 amide bonds. The van der Waals surface area contributed by atoms with Crippen molar-refractivity contribution in [2.45, 2.75) is 39.4 Å². The van der Waals surface area contributed by atoms with Crippen molar-refractivity contribution in [1.82, 2.24) is 4.57 Å². The topological polar surface area (TPSA) is 48.0 Å². The number of alkyl halides is 3. The van der Waals surface area contributed by atoms with Crippen molar-refractivity contribution in [3.63, 3.8) is 0 Å². The summed E-state index contributed by atoms with van der Waals surface area (Å²) in [5.41, 5.74) is 8.16. The molecule has 3 nitrogen and oxygen atoms in total. The first-order valence-corrected chi connectivity index (χ1v) is 9.83. The number of hydrogen-bond acceptors (Lipinski definition) is 2. The van der Waals surface area contributed by atoms with Crippen LogP contribution in [0.3, 0.4) is 0 Å². The first kappa shape index (κ1) is 20.2. The molecule has 0 saturated carbocycles. The number of rotatable bonds is 6. The lowest BCUT2D eigenvalue weighted by Crippen LogP contribution is -2.14. The van der Waals surface area contributed by atoms with Gasteiger partial charge in [-0.05, 0) is 48.9 Å². The molecule has 0 aliphatic rings. The maximum absolute atomic E-state index is 12.9. The highest BCUT2D eigenvalue weighted by Gasteiger charge is 2.31. The molecule has 2 heterocycles. The first-order chi connectivity index (χ1) is 13.2. The van der Waals surface area contributed by atoms with Gasteiger partial charge in [0.15, 0.2) is 0 Å². The van der Waals surface area contributed by atoms with Crippen LogP contribution >= 0.6 is 11.3 Å². The van der Waals surface area contributed by atoms with Crippen LogP contribution in [0.1, 0.15) is 39.1 Å². The fraction of sp³-hybridized carbons (Fsp3) is 0.286. The third-order valence-corrected chi connectivity index (χ3v) is 5.81. The van der Waals surface area contributed by atoms with E-state index in [1.807, 2.05) is 25.3 Å². The zero-order chi connectivity index (χ0) is 20.5. The molecule has 0 atom stereocenters. The second kappa shape index (κ2) is 7.83. The van der Waals surface area contributed by atoms with Gasteiger partial charge in [-0.25, -0.2) is 0 Å². The number of primary amides is 1. The quantitative estimate of drug-likeness (QED) is 0.582. The molecule has 1 aromatic carbocycles. The van der Waals surface area contributed by atoms with Gasteiger partial charge in [-0.2, -0.15) is 13.2 Å². The smallest absolute Gasteiger partial charge is 0.366 e. The summed E-state index contributed by atoms with van der Waals surface area (Å²) < 4.78 is 40.8. The van der Waals surface area contributed by atoms with Crippen LogP contribution in [0.2, 0.25) is 0 Å². The highest BCUT2D eigenvalue weighted by atomic mass is 32.1. The lowest BCUT2D eigenvalue weighted by molar-refractivity contribution is -0.137. The van der Waals surface area contributed by atoms with Gasteiger partial charge in [0.25, 0.3) is 5.91 Å². The Morgan fingerprint density at radius 2 is 1.86 bits per heavy atom. The van der Waals surface area contributed by atoms with E-state index in [1.54, 1.807) is 11.3 Å². The Morgan fingerprint density at radius 3 is 2.36 bits per heavy atom. The number of aryl methyl sites for hydroxylation is 1. The Hall–Kier alpha value is -2.54. The van der Waals surface area contributed by atoms with Gasteiger partial charge >= 0.3 is 6.18 Å². The molecule has 0 saturated heterocycles. The maximum Gasteiger partial charge on any atom is 0.416 e. The van der Waals surface area contributed by atoms with Gasteiger partial charge in [0.05, 0.1) is 11.1 Å². The summed E-state index contributed by atoms with van der Waals surface area (Å²) in [5.74, 6) is -0.572. The molecule has 7 heteroatoms. The fourth-order valence-corrected chi connectivity index (χ4v) is 4.28. The number of carbonyl (C=O) groups is 1. The van der Waals surface area contributed by atoms with E-state index in [9.17, 15) is 18.0 Å². The van der Waals surface area contributed by atoms with Crippen molar-refractivity contribution >= 4 is 17.2 Å². The van der Waals surface area contributed by atoms with Crippen LogP contribution in [-0.2, 0) is 25.6 Å². The van der Waals surface area contributed by atoms with E-state index in [0.29, 0.717) is 29.7 Å². The summed E-state index contributed by atoms with van der Waals surface area (Å²) in [6, 6.07) is 8.95. The van der Waals surface area contributed by atoms with Crippen molar-refractivity contribution in [2.24, 2.45) is 5.73 Å². The molecule has 148 valence electrons. The van der Waals surface area contributed by atoms with E-state index < -0.39 is 17.6 Å². The minimum atomic E-state index is -4.40. The lowest BCUT2D eigenvalue weighted by atomic mass is 9.97.